The summed E-state index contributed by atoms with van der Waals surface area (Å²) < 4.78 is 9.86. The molecule has 3 rings (SSSR count). The molecule has 2 heterocycles. The van der Waals surface area contributed by atoms with Gasteiger partial charge in [-0.15, -0.1) is 0 Å². The normalized spacial score (nSPS) is 13.6. The van der Waals surface area contributed by atoms with Crippen molar-refractivity contribution in [1.82, 2.24) is 15.5 Å². The van der Waals surface area contributed by atoms with Gasteiger partial charge in [0.15, 0.2) is 6.61 Å². The number of hydrogen-bond donors (Lipinski definition) is 2. The highest BCUT2D eigenvalue weighted by Gasteiger charge is 2.41. The Hall–Kier alpha value is -3.95. The Morgan fingerprint density at radius 3 is 2.31 bits per heavy atom. The van der Waals surface area contributed by atoms with Crippen LogP contribution in [0.2, 0.25) is 0 Å². The molecule has 1 aliphatic heterocycles. The maximum atomic E-state index is 12.4. The summed E-state index contributed by atoms with van der Waals surface area (Å²) in [6, 6.07) is 7.46. The number of furan rings is 1. The molecule has 0 saturated heterocycles. The zero-order valence-corrected chi connectivity index (χ0v) is 15.3. The molecule has 0 aliphatic carbocycles. The number of rotatable bonds is 6. The number of imide groups is 2. The molecule has 2 aromatic rings. The third-order valence-electron chi connectivity index (χ3n) is 4.16. The van der Waals surface area contributed by atoms with Crippen LogP contribution in [-0.2, 0) is 20.9 Å². The van der Waals surface area contributed by atoms with E-state index in [0.717, 1.165) is 4.90 Å². The van der Waals surface area contributed by atoms with E-state index < -0.39 is 42.4 Å². The SMILES string of the molecule is C[C@H](C(=O)OCC(=O)NC(=O)NCc1ccco1)N1C(=O)c2ccccc2C1=O. The summed E-state index contributed by atoms with van der Waals surface area (Å²) in [7, 11) is 0. The Kier molecular flexibility index (Phi) is 5.72. The van der Waals surface area contributed by atoms with Gasteiger partial charge in [-0.1, -0.05) is 12.1 Å². The predicted octanol–water partition coefficient (Wildman–Crippen LogP) is 0.833. The Balaban J connectivity index is 1.47. The number of amides is 5. The standard InChI is InChI=1S/C19H17N3O7/c1-11(22-16(24)13-6-2-3-7-14(13)17(22)25)18(26)29-10-15(23)21-19(27)20-9-12-5-4-8-28-12/h2-8,11H,9-10H2,1H3,(H2,20,21,23,27)/t11-/m1/s1. The summed E-state index contributed by atoms with van der Waals surface area (Å²) in [4.78, 5) is 61.1. The smallest absolute Gasteiger partial charge is 0.329 e. The fourth-order valence-electron chi connectivity index (χ4n) is 2.71. The first-order valence-corrected chi connectivity index (χ1v) is 8.62. The molecule has 10 nitrogen and oxygen atoms in total. The third kappa shape index (κ3) is 4.32. The molecule has 0 spiro atoms. The van der Waals surface area contributed by atoms with E-state index in [0.29, 0.717) is 5.76 Å². The van der Waals surface area contributed by atoms with Gasteiger partial charge in [-0.25, -0.2) is 9.59 Å². The van der Waals surface area contributed by atoms with Crippen molar-refractivity contribution in [3.63, 3.8) is 0 Å². The largest absolute Gasteiger partial charge is 0.467 e. The summed E-state index contributed by atoms with van der Waals surface area (Å²) in [6.45, 7) is 0.640. The molecule has 1 aliphatic rings. The average molecular weight is 399 g/mol. The topological polar surface area (TPSA) is 135 Å². The van der Waals surface area contributed by atoms with Gasteiger partial charge in [-0.3, -0.25) is 24.6 Å². The number of carbonyl (C=O) groups is 5. The lowest BCUT2D eigenvalue weighted by molar-refractivity contribution is -0.151. The van der Waals surface area contributed by atoms with E-state index in [1.165, 1.54) is 25.3 Å². The van der Waals surface area contributed by atoms with Crippen LogP contribution in [-0.4, -0.2) is 47.3 Å². The lowest BCUT2D eigenvalue weighted by atomic mass is 10.1. The highest BCUT2D eigenvalue weighted by Crippen LogP contribution is 2.24. The van der Waals surface area contributed by atoms with Gasteiger partial charge in [0.25, 0.3) is 17.7 Å². The minimum atomic E-state index is -1.23. The second kappa shape index (κ2) is 8.38. The van der Waals surface area contributed by atoms with Crippen molar-refractivity contribution in [3.8, 4) is 0 Å². The summed E-state index contributed by atoms with van der Waals surface area (Å²) >= 11 is 0. The van der Waals surface area contributed by atoms with Gasteiger partial charge in [0, 0.05) is 0 Å². The number of ether oxygens (including phenoxy) is 1. The average Bonchev–Trinajstić information content (AvgIpc) is 3.31. The van der Waals surface area contributed by atoms with E-state index in [9.17, 15) is 24.0 Å². The van der Waals surface area contributed by atoms with Crippen molar-refractivity contribution < 1.29 is 33.1 Å². The first-order valence-electron chi connectivity index (χ1n) is 8.62. The molecule has 0 unspecified atom stereocenters. The van der Waals surface area contributed by atoms with Crippen LogP contribution < -0.4 is 10.6 Å². The molecule has 1 aromatic heterocycles. The Labute approximate surface area is 164 Å². The number of carbonyl (C=O) groups excluding carboxylic acids is 5. The van der Waals surface area contributed by atoms with Gasteiger partial charge >= 0.3 is 12.0 Å². The first kappa shape index (κ1) is 19.8. The fourth-order valence-corrected chi connectivity index (χ4v) is 2.71. The molecule has 2 N–H and O–H groups in total. The zero-order valence-electron chi connectivity index (χ0n) is 15.3. The molecule has 29 heavy (non-hydrogen) atoms. The van der Waals surface area contributed by atoms with Crippen LogP contribution in [0.5, 0.6) is 0 Å². The lowest BCUT2D eigenvalue weighted by Crippen LogP contribution is -2.45. The zero-order chi connectivity index (χ0) is 21.0. The second-order valence-corrected chi connectivity index (χ2v) is 6.12. The molecule has 1 atom stereocenters. The van der Waals surface area contributed by atoms with Crippen molar-refractivity contribution in [1.29, 1.82) is 0 Å². The van der Waals surface area contributed by atoms with Gasteiger partial charge in [0.2, 0.25) is 0 Å². The van der Waals surface area contributed by atoms with E-state index in [1.807, 2.05) is 5.32 Å². The highest BCUT2D eigenvalue weighted by atomic mass is 16.5. The van der Waals surface area contributed by atoms with Gasteiger partial charge in [-0.2, -0.15) is 0 Å². The molecule has 0 saturated carbocycles. The van der Waals surface area contributed by atoms with Crippen LogP contribution in [0.3, 0.4) is 0 Å². The number of benzene rings is 1. The third-order valence-corrected chi connectivity index (χ3v) is 4.16. The number of esters is 1. The van der Waals surface area contributed by atoms with Crippen LogP contribution in [0.25, 0.3) is 0 Å². The summed E-state index contributed by atoms with van der Waals surface area (Å²) in [5.41, 5.74) is 0.395. The van der Waals surface area contributed by atoms with Gasteiger partial charge in [0.05, 0.1) is 23.9 Å². The van der Waals surface area contributed by atoms with Crippen LogP contribution >= 0.6 is 0 Å². The number of fused-ring (bicyclic) bond motifs is 1. The van der Waals surface area contributed by atoms with Crippen molar-refractivity contribution >= 4 is 29.7 Å². The van der Waals surface area contributed by atoms with Crippen molar-refractivity contribution in [2.45, 2.75) is 19.5 Å². The van der Waals surface area contributed by atoms with E-state index in [-0.39, 0.29) is 17.7 Å². The Morgan fingerprint density at radius 2 is 1.72 bits per heavy atom. The quantitative estimate of drug-likeness (QED) is 0.543. The summed E-state index contributed by atoms with van der Waals surface area (Å²) in [5, 5.41) is 4.37. The molecular formula is C19H17N3O7. The number of hydrogen-bond acceptors (Lipinski definition) is 7. The number of urea groups is 1. The minimum Gasteiger partial charge on any atom is -0.467 e. The van der Waals surface area contributed by atoms with Crippen molar-refractivity contribution in [3.05, 3.63) is 59.5 Å². The number of nitrogens with one attached hydrogen (secondary N) is 2. The van der Waals surface area contributed by atoms with Crippen LogP contribution in [0.4, 0.5) is 4.79 Å². The predicted molar refractivity (Wildman–Crippen MR) is 96.4 cm³/mol. The summed E-state index contributed by atoms with van der Waals surface area (Å²) in [5.74, 6) is -2.56. The van der Waals surface area contributed by atoms with Crippen molar-refractivity contribution in [2.75, 3.05) is 6.61 Å². The molecule has 10 heteroatoms. The van der Waals surface area contributed by atoms with Gasteiger partial charge in [-0.05, 0) is 31.2 Å². The highest BCUT2D eigenvalue weighted by molar-refractivity contribution is 6.22. The second-order valence-electron chi connectivity index (χ2n) is 6.12. The molecule has 1 aromatic carbocycles. The molecule has 0 fully saturated rings. The van der Waals surface area contributed by atoms with E-state index in [2.05, 4.69) is 5.32 Å². The number of nitrogens with zero attached hydrogens (tertiary/aromatic N) is 1. The first-order chi connectivity index (χ1) is 13.9. The van der Waals surface area contributed by atoms with Gasteiger partial charge in [0.1, 0.15) is 11.8 Å². The van der Waals surface area contributed by atoms with E-state index in [4.69, 9.17) is 9.15 Å². The fraction of sp³-hybridized carbons (Fsp3) is 0.211. The van der Waals surface area contributed by atoms with E-state index >= 15 is 0 Å². The molecule has 5 amide bonds. The Bertz CT molecular complexity index is 933. The molecule has 0 bridgehead atoms. The van der Waals surface area contributed by atoms with Crippen molar-refractivity contribution in [2.24, 2.45) is 0 Å². The lowest BCUT2D eigenvalue weighted by Gasteiger charge is -2.20. The maximum Gasteiger partial charge on any atom is 0.329 e. The minimum absolute atomic E-state index is 0.0721. The molecule has 150 valence electrons. The maximum absolute atomic E-state index is 12.4. The summed E-state index contributed by atoms with van der Waals surface area (Å²) in [6.07, 6.45) is 1.44. The van der Waals surface area contributed by atoms with E-state index in [1.54, 1.807) is 24.3 Å². The van der Waals surface area contributed by atoms with Crippen LogP contribution in [0.1, 0.15) is 33.4 Å². The molecular weight excluding hydrogens is 382 g/mol. The van der Waals surface area contributed by atoms with Gasteiger partial charge < -0.3 is 14.5 Å². The monoisotopic (exact) mass is 399 g/mol. The van der Waals surface area contributed by atoms with Crippen LogP contribution in [0.15, 0.2) is 47.1 Å². The van der Waals surface area contributed by atoms with Crippen LogP contribution in [0, 0.1) is 0 Å². The Morgan fingerprint density at radius 1 is 1.07 bits per heavy atom. The molecule has 0 radical (unpaired) electrons.